The maximum Gasteiger partial charge on any atom is 1.00 e. The van der Waals surface area contributed by atoms with Crippen LogP contribution in [-0.4, -0.2) is 5.60 Å². The van der Waals surface area contributed by atoms with Gasteiger partial charge in [-0.15, -0.1) is 5.60 Å². The molecule has 4 rings (SSSR count). The zero-order chi connectivity index (χ0) is 10.6. The molecule has 0 saturated heterocycles. The van der Waals surface area contributed by atoms with Crippen LogP contribution < -0.4 is 34.7 Å². The van der Waals surface area contributed by atoms with E-state index in [1.807, 2.05) is 0 Å². The van der Waals surface area contributed by atoms with Gasteiger partial charge in [0.05, 0.1) is 0 Å². The van der Waals surface area contributed by atoms with Crippen LogP contribution in [0, 0.1) is 29.6 Å². The fourth-order valence-electron chi connectivity index (χ4n) is 5.04. The largest absolute Gasteiger partial charge is 1.00 e. The molecule has 0 radical (unpaired) electrons. The Hall–Kier alpha value is 0.960. The Balaban J connectivity index is 0.000000963. The molecule has 0 N–H and O–H groups in total. The summed E-state index contributed by atoms with van der Waals surface area (Å²) in [6, 6.07) is 0. The third-order valence-corrected chi connectivity index (χ3v) is 5.80. The first-order valence-corrected chi connectivity index (χ1v) is 6.85. The van der Waals surface area contributed by atoms with Gasteiger partial charge in [-0.1, -0.05) is 38.0 Å². The molecule has 86 valence electrons. The van der Waals surface area contributed by atoms with Gasteiger partial charge in [0.25, 0.3) is 0 Å². The molecule has 4 aliphatic rings. The van der Waals surface area contributed by atoms with E-state index in [2.05, 4.69) is 13.8 Å². The summed E-state index contributed by atoms with van der Waals surface area (Å²) in [5, 5.41) is 13.2. The molecule has 1 atom stereocenters. The molecule has 4 aliphatic carbocycles. The summed E-state index contributed by atoms with van der Waals surface area (Å²) < 4.78 is 0. The van der Waals surface area contributed by atoms with E-state index >= 15 is 0 Å². The van der Waals surface area contributed by atoms with Crippen molar-refractivity contribution >= 4 is 0 Å². The van der Waals surface area contributed by atoms with Gasteiger partial charge in [-0.05, 0) is 43.9 Å². The van der Waals surface area contributed by atoms with Crippen molar-refractivity contribution in [3.8, 4) is 0 Å². The molecule has 0 spiro atoms. The second-order valence-electron chi connectivity index (χ2n) is 6.47. The van der Waals surface area contributed by atoms with E-state index in [1.54, 1.807) is 0 Å². The summed E-state index contributed by atoms with van der Waals surface area (Å²) in [5.41, 5.74) is -0.540. The van der Waals surface area contributed by atoms with Crippen molar-refractivity contribution in [2.45, 2.75) is 58.0 Å². The first kappa shape index (κ1) is 13.4. The molecule has 4 fully saturated rings. The predicted molar refractivity (Wildman–Crippen MR) is 59.2 cm³/mol. The fourth-order valence-corrected chi connectivity index (χ4v) is 5.04. The van der Waals surface area contributed by atoms with E-state index in [-0.39, 0.29) is 29.6 Å². The van der Waals surface area contributed by atoms with E-state index in [1.165, 1.54) is 32.1 Å². The standard InChI is InChI=1S/C14H23O.Na/c1-3-9(2)14(15)12-5-10-4-11(7-12)8-13(14)6-10;/h9-13H,3-8H2,1-2H3;/q-1;+1. The maximum atomic E-state index is 13.2. The van der Waals surface area contributed by atoms with Crippen molar-refractivity contribution < 1.29 is 34.7 Å². The van der Waals surface area contributed by atoms with Gasteiger partial charge in [0.1, 0.15) is 0 Å². The van der Waals surface area contributed by atoms with E-state index in [4.69, 9.17) is 0 Å². The molecule has 1 unspecified atom stereocenters. The molecule has 4 bridgehead atoms. The number of hydrogen-bond acceptors (Lipinski definition) is 1. The average Bonchev–Trinajstić information content (AvgIpc) is 2.23. The van der Waals surface area contributed by atoms with Gasteiger partial charge in [0.2, 0.25) is 0 Å². The topological polar surface area (TPSA) is 23.1 Å². The van der Waals surface area contributed by atoms with Crippen molar-refractivity contribution in [1.82, 2.24) is 0 Å². The molecule has 0 aromatic rings. The molecule has 2 heteroatoms. The van der Waals surface area contributed by atoms with E-state index < -0.39 is 5.60 Å². The minimum absolute atomic E-state index is 0. The van der Waals surface area contributed by atoms with Crippen LogP contribution in [0.15, 0.2) is 0 Å². The van der Waals surface area contributed by atoms with Crippen LogP contribution in [0.2, 0.25) is 0 Å². The summed E-state index contributed by atoms with van der Waals surface area (Å²) in [4.78, 5) is 0. The maximum absolute atomic E-state index is 13.2. The molecule has 0 heterocycles. The van der Waals surface area contributed by atoms with Crippen LogP contribution in [-0.2, 0) is 0 Å². The molecule has 4 saturated carbocycles. The zero-order valence-electron chi connectivity index (χ0n) is 11.0. The monoisotopic (exact) mass is 230 g/mol. The Labute approximate surface area is 122 Å². The molecular weight excluding hydrogens is 207 g/mol. The van der Waals surface area contributed by atoms with Gasteiger partial charge >= 0.3 is 29.6 Å². The Kier molecular flexibility index (Phi) is 3.82. The summed E-state index contributed by atoms with van der Waals surface area (Å²) >= 11 is 0. The minimum Gasteiger partial charge on any atom is -0.849 e. The van der Waals surface area contributed by atoms with Crippen LogP contribution in [0.5, 0.6) is 0 Å². The van der Waals surface area contributed by atoms with Gasteiger partial charge in [0.15, 0.2) is 0 Å². The molecular formula is C14H23NaO. The second kappa shape index (κ2) is 4.57. The average molecular weight is 230 g/mol. The third kappa shape index (κ3) is 1.74. The summed E-state index contributed by atoms with van der Waals surface area (Å²) in [6.07, 6.45) is 7.58. The van der Waals surface area contributed by atoms with Crippen molar-refractivity contribution in [2.24, 2.45) is 29.6 Å². The predicted octanol–water partition coefficient (Wildman–Crippen LogP) is -0.408. The van der Waals surface area contributed by atoms with Crippen molar-refractivity contribution in [2.75, 3.05) is 0 Å². The van der Waals surface area contributed by atoms with Gasteiger partial charge < -0.3 is 5.11 Å². The van der Waals surface area contributed by atoms with E-state index in [9.17, 15) is 5.11 Å². The number of hydrogen-bond donors (Lipinski definition) is 0. The zero-order valence-corrected chi connectivity index (χ0v) is 13.0. The normalized spacial score (nSPS) is 51.2. The first-order valence-electron chi connectivity index (χ1n) is 6.85. The summed E-state index contributed by atoms with van der Waals surface area (Å²) in [6.45, 7) is 4.39. The van der Waals surface area contributed by atoms with Crippen molar-refractivity contribution in [3.05, 3.63) is 0 Å². The molecule has 16 heavy (non-hydrogen) atoms. The Bertz CT molecular complexity index is 235. The van der Waals surface area contributed by atoms with Crippen molar-refractivity contribution in [3.63, 3.8) is 0 Å². The van der Waals surface area contributed by atoms with Gasteiger partial charge in [-0.25, -0.2) is 0 Å². The molecule has 1 nitrogen and oxygen atoms in total. The van der Waals surface area contributed by atoms with Crippen LogP contribution in [0.25, 0.3) is 0 Å². The van der Waals surface area contributed by atoms with E-state index in [0.717, 1.165) is 18.3 Å². The quantitative estimate of drug-likeness (QED) is 0.592. The Morgan fingerprint density at radius 1 is 1.06 bits per heavy atom. The molecule has 0 aromatic heterocycles. The second-order valence-corrected chi connectivity index (χ2v) is 6.47. The SMILES string of the molecule is CCC(C)C1([O-])C2CC3CC(C2)CC1C3.[Na+]. The Morgan fingerprint density at radius 2 is 1.50 bits per heavy atom. The van der Waals surface area contributed by atoms with Crippen molar-refractivity contribution in [1.29, 1.82) is 0 Å². The molecule has 0 aromatic carbocycles. The molecule has 0 aliphatic heterocycles. The van der Waals surface area contributed by atoms with Crippen LogP contribution >= 0.6 is 0 Å². The smallest absolute Gasteiger partial charge is 0.849 e. The van der Waals surface area contributed by atoms with Crippen LogP contribution in [0.1, 0.15) is 52.4 Å². The molecule has 0 amide bonds. The van der Waals surface area contributed by atoms with Gasteiger partial charge in [-0.3, -0.25) is 0 Å². The van der Waals surface area contributed by atoms with Gasteiger partial charge in [0, 0.05) is 0 Å². The first-order chi connectivity index (χ1) is 7.14. The van der Waals surface area contributed by atoms with Gasteiger partial charge in [-0.2, -0.15) is 0 Å². The van der Waals surface area contributed by atoms with E-state index in [0.29, 0.717) is 17.8 Å². The Morgan fingerprint density at radius 3 is 1.88 bits per heavy atom. The minimum atomic E-state index is -0.540. The third-order valence-electron chi connectivity index (χ3n) is 5.80. The van der Waals surface area contributed by atoms with Crippen LogP contribution in [0.3, 0.4) is 0 Å². The summed E-state index contributed by atoms with van der Waals surface area (Å²) in [5.74, 6) is 3.32. The fraction of sp³-hybridized carbons (Fsp3) is 1.00. The summed E-state index contributed by atoms with van der Waals surface area (Å²) in [7, 11) is 0. The van der Waals surface area contributed by atoms with Crippen LogP contribution in [0.4, 0.5) is 0 Å². The number of rotatable bonds is 2.